The molecule has 2 unspecified atom stereocenters. The molecule has 0 rings (SSSR count). The third kappa shape index (κ3) is 45.2. The van der Waals surface area contributed by atoms with Crippen molar-refractivity contribution in [1.29, 1.82) is 0 Å². The molecule has 0 aliphatic rings. The Morgan fingerprint density at radius 1 is 0.455 bits per heavy atom. The lowest BCUT2D eigenvalue weighted by Crippen LogP contribution is -2.55. The molecule has 0 heterocycles. The Balaban J connectivity index is 4.32. The SMILES string of the molecule is CC/C=C/C/C=C/C/C=C/C/C=C/C/C=C/CCCCCCC(=O)OCC(COCCC(C(=O)[O-])[N+](C)(C)C)OC(=O)CCCCCCCCCCC/C=C/C/C=C/C/C=C/C/C=C/CC. The Morgan fingerprint density at radius 2 is 0.803 bits per heavy atom. The van der Waals surface area contributed by atoms with Gasteiger partial charge < -0.3 is 28.6 Å². The van der Waals surface area contributed by atoms with E-state index in [0.717, 1.165) is 116 Å². The molecule has 0 fully saturated rings. The highest BCUT2D eigenvalue weighted by molar-refractivity contribution is 5.70. The van der Waals surface area contributed by atoms with Crippen LogP contribution in [0.4, 0.5) is 0 Å². The molecule has 0 bridgehead atoms. The Bertz CT molecular complexity index is 1440. The molecule has 66 heavy (non-hydrogen) atoms. The maximum absolute atomic E-state index is 12.8. The first-order valence-electron chi connectivity index (χ1n) is 25.9. The summed E-state index contributed by atoms with van der Waals surface area (Å²) in [6, 6.07) is -0.738. The van der Waals surface area contributed by atoms with E-state index in [0.29, 0.717) is 12.8 Å². The number of unbranched alkanes of at least 4 members (excludes halogenated alkanes) is 13. The number of likely N-dealkylation sites (N-methyl/N-ethyl adjacent to an activating group) is 1. The van der Waals surface area contributed by atoms with Gasteiger partial charge in [-0.05, 0) is 96.3 Å². The number of carboxylic acids is 1. The first kappa shape index (κ1) is 62.0. The minimum absolute atomic E-state index is 0.0230. The van der Waals surface area contributed by atoms with Gasteiger partial charge in [0.15, 0.2) is 6.10 Å². The monoisotopic (exact) mass is 918 g/mol. The highest BCUT2D eigenvalue weighted by Gasteiger charge is 2.25. The minimum Gasteiger partial charge on any atom is -0.544 e. The number of carboxylic acid groups (broad SMARTS) is 1. The molecular weight excluding hydrogens is 823 g/mol. The van der Waals surface area contributed by atoms with Crippen LogP contribution >= 0.6 is 0 Å². The molecule has 0 spiro atoms. The van der Waals surface area contributed by atoms with Gasteiger partial charge in [-0.15, -0.1) is 0 Å². The number of carbonyl (C=O) groups excluding carboxylic acids is 3. The fourth-order valence-electron chi connectivity index (χ4n) is 6.97. The summed E-state index contributed by atoms with van der Waals surface area (Å²) >= 11 is 0. The summed E-state index contributed by atoms with van der Waals surface area (Å²) in [5, 5.41) is 11.7. The predicted molar refractivity (Wildman–Crippen MR) is 277 cm³/mol. The zero-order valence-corrected chi connectivity index (χ0v) is 42.6. The first-order valence-corrected chi connectivity index (χ1v) is 25.9. The second-order valence-corrected chi connectivity index (χ2v) is 18.0. The first-order chi connectivity index (χ1) is 32.1. The Morgan fingerprint density at radius 3 is 1.18 bits per heavy atom. The van der Waals surface area contributed by atoms with E-state index in [1.54, 1.807) is 21.1 Å². The second kappa shape index (κ2) is 47.5. The summed E-state index contributed by atoms with van der Waals surface area (Å²) in [6.45, 7) is 4.40. The molecule has 0 aromatic heterocycles. The Labute approximate surface area is 404 Å². The molecular formula is C58H95NO7. The van der Waals surface area contributed by atoms with Crippen molar-refractivity contribution >= 4 is 17.9 Å². The third-order valence-corrected chi connectivity index (χ3v) is 10.9. The highest BCUT2D eigenvalue weighted by Crippen LogP contribution is 2.14. The van der Waals surface area contributed by atoms with Crippen LogP contribution in [0.3, 0.4) is 0 Å². The number of esters is 2. The summed E-state index contributed by atoms with van der Waals surface area (Å²) in [7, 11) is 5.40. The number of nitrogens with zero attached hydrogens (tertiary/aromatic N) is 1. The topological polar surface area (TPSA) is 102 Å². The molecule has 374 valence electrons. The van der Waals surface area contributed by atoms with Gasteiger partial charge >= 0.3 is 11.9 Å². The Kier molecular flexibility index (Phi) is 44.6. The highest BCUT2D eigenvalue weighted by atomic mass is 16.6. The second-order valence-electron chi connectivity index (χ2n) is 18.0. The zero-order chi connectivity index (χ0) is 48.4. The van der Waals surface area contributed by atoms with Crippen molar-refractivity contribution < 1.29 is 38.2 Å². The van der Waals surface area contributed by atoms with Gasteiger partial charge in [0.25, 0.3) is 0 Å². The number of rotatable bonds is 45. The van der Waals surface area contributed by atoms with Gasteiger partial charge in [0, 0.05) is 19.3 Å². The lowest BCUT2D eigenvalue weighted by molar-refractivity contribution is -0.889. The number of hydrogen-bond acceptors (Lipinski definition) is 7. The van der Waals surface area contributed by atoms with Crippen LogP contribution in [-0.4, -0.2) is 75.5 Å². The summed E-state index contributed by atoms with van der Waals surface area (Å²) in [6.07, 6.45) is 65.4. The van der Waals surface area contributed by atoms with Crippen molar-refractivity contribution in [3.8, 4) is 0 Å². The van der Waals surface area contributed by atoms with E-state index in [9.17, 15) is 19.5 Å². The van der Waals surface area contributed by atoms with Gasteiger partial charge in [-0.3, -0.25) is 9.59 Å². The molecule has 0 radical (unpaired) electrons. The number of quaternary nitrogens is 1. The number of aliphatic carboxylic acids is 1. The van der Waals surface area contributed by atoms with Gasteiger partial charge in [-0.2, -0.15) is 0 Å². The molecule has 0 aliphatic heterocycles. The van der Waals surface area contributed by atoms with Gasteiger partial charge in [-0.25, -0.2) is 0 Å². The van der Waals surface area contributed by atoms with Gasteiger partial charge in [-0.1, -0.05) is 181 Å². The van der Waals surface area contributed by atoms with Crippen LogP contribution in [-0.2, 0) is 28.6 Å². The van der Waals surface area contributed by atoms with E-state index >= 15 is 0 Å². The summed E-state index contributed by atoms with van der Waals surface area (Å²) in [4.78, 5) is 37.1. The molecule has 8 nitrogen and oxygen atoms in total. The number of ether oxygens (including phenoxy) is 3. The number of hydrogen-bond donors (Lipinski definition) is 0. The smallest absolute Gasteiger partial charge is 0.306 e. The van der Waals surface area contributed by atoms with Crippen LogP contribution in [0.25, 0.3) is 0 Å². The van der Waals surface area contributed by atoms with Crippen LogP contribution in [0.1, 0.15) is 187 Å². The minimum atomic E-state index is -1.13. The van der Waals surface area contributed by atoms with Crippen LogP contribution in [0.2, 0.25) is 0 Å². The van der Waals surface area contributed by atoms with Gasteiger partial charge in [0.05, 0.1) is 40.3 Å². The van der Waals surface area contributed by atoms with E-state index in [-0.39, 0.29) is 42.7 Å². The standard InChI is InChI=1S/C58H95NO7/c1-6-8-10-12-14-16-18-20-22-24-26-28-29-31-33-35-37-39-41-43-45-47-49-57(61)66-54(52-64-51-50-55(58(62)63)59(3,4)5)53-65-56(60)48-46-44-42-40-38-36-34-32-30-27-25-23-21-19-17-15-13-11-9-7-2/h8-11,14-17,20-23,26-28,30,34,36,54-55H,6-7,12-13,18-19,24-25,29,31-33,35,37-53H2,1-5H3/b10-8+,11-9+,16-14+,17-15+,22-20+,23-21+,28-26+,30-27+,36-34+. The van der Waals surface area contributed by atoms with E-state index in [1.165, 1.54) is 38.5 Å². The summed E-state index contributed by atoms with van der Waals surface area (Å²) < 4.78 is 17.2. The van der Waals surface area contributed by atoms with Crippen molar-refractivity contribution in [3.63, 3.8) is 0 Å². The Hall–Kier alpha value is -4.01. The van der Waals surface area contributed by atoms with Crippen molar-refractivity contribution in [2.75, 3.05) is 41.0 Å². The molecule has 2 atom stereocenters. The molecule has 0 aromatic carbocycles. The van der Waals surface area contributed by atoms with E-state index in [1.807, 2.05) is 0 Å². The largest absolute Gasteiger partial charge is 0.544 e. The fraction of sp³-hybridized carbons (Fsp3) is 0.638. The van der Waals surface area contributed by atoms with Crippen LogP contribution in [0.15, 0.2) is 109 Å². The normalized spacial score (nSPS) is 13.8. The zero-order valence-electron chi connectivity index (χ0n) is 42.6. The van der Waals surface area contributed by atoms with Crippen LogP contribution in [0, 0.1) is 0 Å². The quantitative estimate of drug-likeness (QED) is 0.0259. The molecule has 0 amide bonds. The van der Waals surface area contributed by atoms with Crippen molar-refractivity contribution in [3.05, 3.63) is 109 Å². The number of carbonyl (C=O) groups is 3. The molecule has 0 saturated carbocycles. The van der Waals surface area contributed by atoms with E-state index in [2.05, 4.69) is 123 Å². The van der Waals surface area contributed by atoms with E-state index < -0.39 is 18.1 Å². The van der Waals surface area contributed by atoms with Crippen molar-refractivity contribution in [1.82, 2.24) is 0 Å². The lowest BCUT2D eigenvalue weighted by Gasteiger charge is -2.34. The van der Waals surface area contributed by atoms with Gasteiger partial charge in [0.1, 0.15) is 12.6 Å². The maximum Gasteiger partial charge on any atom is 0.306 e. The van der Waals surface area contributed by atoms with Crippen molar-refractivity contribution in [2.24, 2.45) is 0 Å². The predicted octanol–water partition coefficient (Wildman–Crippen LogP) is 13.9. The van der Waals surface area contributed by atoms with Crippen LogP contribution < -0.4 is 5.11 Å². The fourth-order valence-corrected chi connectivity index (χ4v) is 6.97. The summed E-state index contributed by atoms with van der Waals surface area (Å²) in [5.74, 6) is -1.79. The third-order valence-electron chi connectivity index (χ3n) is 10.9. The van der Waals surface area contributed by atoms with Crippen molar-refractivity contribution in [2.45, 2.75) is 199 Å². The molecule has 0 N–H and O–H groups in total. The lowest BCUT2D eigenvalue weighted by atomic mass is 10.1. The maximum atomic E-state index is 12.8. The molecule has 0 saturated heterocycles. The average Bonchev–Trinajstić information content (AvgIpc) is 3.28. The summed E-state index contributed by atoms with van der Waals surface area (Å²) in [5.41, 5.74) is 0. The molecule has 8 heteroatoms. The van der Waals surface area contributed by atoms with E-state index in [4.69, 9.17) is 14.2 Å². The molecule has 0 aliphatic carbocycles. The van der Waals surface area contributed by atoms with Crippen LogP contribution in [0.5, 0.6) is 0 Å². The average molecular weight is 918 g/mol. The van der Waals surface area contributed by atoms with Gasteiger partial charge in [0.2, 0.25) is 0 Å². The molecule has 0 aromatic rings. The number of allylic oxidation sites excluding steroid dienone is 18.